The van der Waals surface area contributed by atoms with E-state index in [-0.39, 0.29) is 6.54 Å². The van der Waals surface area contributed by atoms with Gasteiger partial charge in [0.05, 0.1) is 5.69 Å². The Morgan fingerprint density at radius 3 is 2.47 bits per heavy atom. The molecule has 0 heterocycles. The molecule has 0 spiro atoms. The predicted octanol–water partition coefficient (Wildman–Crippen LogP) is 1.73. The maximum atomic E-state index is 13.2. The van der Waals surface area contributed by atoms with E-state index in [2.05, 4.69) is 11.9 Å². The molecule has 0 radical (unpaired) electrons. The SMILES string of the molecule is C=CCNC(=O)CC(=O)Nc1ccc(F)c(F)c1F. The summed E-state index contributed by atoms with van der Waals surface area (Å²) >= 11 is 0. The average Bonchev–Trinajstić information content (AvgIpc) is 2.37. The van der Waals surface area contributed by atoms with E-state index in [0.717, 1.165) is 6.07 Å². The lowest BCUT2D eigenvalue weighted by Crippen LogP contribution is -2.28. The molecule has 0 bridgehead atoms. The Balaban J connectivity index is 2.65. The van der Waals surface area contributed by atoms with E-state index < -0.39 is 41.4 Å². The highest BCUT2D eigenvalue weighted by Crippen LogP contribution is 2.19. The molecule has 0 saturated carbocycles. The maximum absolute atomic E-state index is 13.2. The van der Waals surface area contributed by atoms with Crippen LogP contribution in [0.4, 0.5) is 18.9 Å². The molecular formula is C12H11F3N2O2. The molecule has 0 unspecified atom stereocenters. The Morgan fingerprint density at radius 2 is 1.84 bits per heavy atom. The van der Waals surface area contributed by atoms with Crippen molar-refractivity contribution < 1.29 is 22.8 Å². The Labute approximate surface area is 107 Å². The molecule has 1 aromatic rings. The van der Waals surface area contributed by atoms with Crippen LogP contribution in [0, 0.1) is 17.5 Å². The number of hydrogen-bond acceptors (Lipinski definition) is 2. The van der Waals surface area contributed by atoms with Crippen molar-refractivity contribution in [1.82, 2.24) is 5.32 Å². The zero-order chi connectivity index (χ0) is 14.4. The van der Waals surface area contributed by atoms with E-state index in [1.807, 2.05) is 5.32 Å². The lowest BCUT2D eigenvalue weighted by atomic mass is 10.2. The molecule has 2 N–H and O–H groups in total. The summed E-state index contributed by atoms with van der Waals surface area (Å²) < 4.78 is 38.7. The second-order valence-electron chi connectivity index (χ2n) is 3.54. The van der Waals surface area contributed by atoms with E-state index in [1.54, 1.807) is 0 Å². The van der Waals surface area contributed by atoms with Crippen molar-refractivity contribution in [3.63, 3.8) is 0 Å². The lowest BCUT2D eigenvalue weighted by molar-refractivity contribution is -0.126. The fraction of sp³-hybridized carbons (Fsp3) is 0.167. The van der Waals surface area contributed by atoms with Crippen molar-refractivity contribution in [2.75, 3.05) is 11.9 Å². The van der Waals surface area contributed by atoms with Crippen molar-refractivity contribution in [2.24, 2.45) is 0 Å². The van der Waals surface area contributed by atoms with Gasteiger partial charge in [-0.3, -0.25) is 9.59 Å². The third-order valence-corrected chi connectivity index (χ3v) is 2.07. The van der Waals surface area contributed by atoms with Crippen LogP contribution < -0.4 is 10.6 Å². The van der Waals surface area contributed by atoms with Crippen molar-refractivity contribution in [3.05, 3.63) is 42.2 Å². The first-order valence-electron chi connectivity index (χ1n) is 5.26. The fourth-order valence-electron chi connectivity index (χ4n) is 1.21. The summed E-state index contributed by atoms with van der Waals surface area (Å²) in [4.78, 5) is 22.5. The first-order chi connectivity index (χ1) is 8.95. The first kappa shape index (κ1) is 14.7. The summed E-state index contributed by atoms with van der Waals surface area (Å²) in [6, 6.07) is 1.54. The van der Waals surface area contributed by atoms with Gasteiger partial charge in [-0.2, -0.15) is 0 Å². The molecule has 0 fully saturated rings. The molecule has 1 rings (SSSR count). The molecule has 0 aliphatic rings. The van der Waals surface area contributed by atoms with Crippen molar-refractivity contribution in [3.8, 4) is 0 Å². The number of carbonyl (C=O) groups is 2. The quantitative estimate of drug-likeness (QED) is 0.487. The summed E-state index contributed by atoms with van der Waals surface area (Å²) in [5.41, 5.74) is -0.527. The van der Waals surface area contributed by atoms with Crippen LogP contribution in [-0.4, -0.2) is 18.4 Å². The van der Waals surface area contributed by atoms with Crippen LogP contribution in [0.2, 0.25) is 0 Å². The number of rotatable bonds is 5. The third kappa shape index (κ3) is 4.13. The number of nitrogens with one attached hydrogen (secondary N) is 2. The van der Waals surface area contributed by atoms with Gasteiger partial charge in [0.15, 0.2) is 17.5 Å². The monoisotopic (exact) mass is 272 g/mol. The number of hydrogen-bond donors (Lipinski definition) is 2. The molecule has 0 aliphatic carbocycles. The zero-order valence-electron chi connectivity index (χ0n) is 9.80. The molecule has 7 heteroatoms. The van der Waals surface area contributed by atoms with Gasteiger partial charge in [-0.05, 0) is 12.1 Å². The smallest absolute Gasteiger partial charge is 0.233 e. The molecule has 19 heavy (non-hydrogen) atoms. The molecule has 4 nitrogen and oxygen atoms in total. The number of benzene rings is 1. The maximum Gasteiger partial charge on any atom is 0.233 e. The van der Waals surface area contributed by atoms with Crippen LogP contribution in [-0.2, 0) is 9.59 Å². The Hall–Kier alpha value is -2.31. The average molecular weight is 272 g/mol. The molecule has 2 amide bonds. The molecule has 0 aliphatic heterocycles. The van der Waals surface area contributed by atoms with Gasteiger partial charge in [-0.15, -0.1) is 6.58 Å². The Kier molecular flexibility index (Phi) is 5.11. The van der Waals surface area contributed by atoms with E-state index in [0.29, 0.717) is 6.07 Å². The first-order valence-corrected chi connectivity index (χ1v) is 5.26. The minimum absolute atomic E-state index is 0.186. The Bertz CT molecular complexity index is 518. The van der Waals surface area contributed by atoms with E-state index in [4.69, 9.17) is 0 Å². The highest BCUT2D eigenvalue weighted by Gasteiger charge is 2.16. The van der Waals surface area contributed by atoms with Gasteiger partial charge in [-0.1, -0.05) is 6.08 Å². The van der Waals surface area contributed by atoms with E-state index in [9.17, 15) is 22.8 Å². The largest absolute Gasteiger partial charge is 0.352 e. The normalized spacial score (nSPS) is 9.84. The second-order valence-corrected chi connectivity index (χ2v) is 3.54. The van der Waals surface area contributed by atoms with Gasteiger partial charge < -0.3 is 10.6 Å². The van der Waals surface area contributed by atoms with Gasteiger partial charge in [0, 0.05) is 6.54 Å². The van der Waals surface area contributed by atoms with Crippen LogP contribution >= 0.6 is 0 Å². The predicted molar refractivity (Wildman–Crippen MR) is 62.8 cm³/mol. The molecule has 0 atom stereocenters. The van der Waals surface area contributed by atoms with Crippen molar-refractivity contribution >= 4 is 17.5 Å². The van der Waals surface area contributed by atoms with Gasteiger partial charge in [0.1, 0.15) is 6.42 Å². The summed E-state index contributed by atoms with van der Waals surface area (Å²) in [5, 5.41) is 4.32. The summed E-state index contributed by atoms with van der Waals surface area (Å²) in [6.45, 7) is 3.55. The molecule has 0 aromatic heterocycles. The molecule has 0 saturated heterocycles. The van der Waals surface area contributed by atoms with Gasteiger partial charge in [0.2, 0.25) is 11.8 Å². The van der Waals surface area contributed by atoms with Gasteiger partial charge >= 0.3 is 0 Å². The molecule has 1 aromatic carbocycles. The summed E-state index contributed by atoms with van der Waals surface area (Å²) in [7, 11) is 0. The summed E-state index contributed by atoms with van der Waals surface area (Å²) in [6.07, 6.45) is 0.858. The van der Waals surface area contributed by atoms with Crippen LogP contribution in [0.5, 0.6) is 0 Å². The minimum Gasteiger partial charge on any atom is -0.352 e. The van der Waals surface area contributed by atoms with Crippen molar-refractivity contribution in [2.45, 2.75) is 6.42 Å². The molecular weight excluding hydrogens is 261 g/mol. The van der Waals surface area contributed by atoms with Gasteiger partial charge in [-0.25, -0.2) is 13.2 Å². The van der Waals surface area contributed by atoms with E-state index >= 15 is 0 Å². The minimum atomic E-state index is -1.69. The van der Waals surface area contributed by atoms with Crippen LogP contribution in [0.25, 0.3) is 0 Å². The van der Waals surface area contributed by atoms with Crippen LogP contribution in [0.15, 0.2) is 24.8 Å². The lowest BCUT2D eigenvalue weighted by Gasteiger charge is -2.07. The number of halogens is 3. The Morgan fingerprint density at radius 1 is 1.16 bits per heavy atom. The third-order valence-electron chi connectivity index (χ3n) is 2.07. The highest BCUT2D eigenvalue weighted by atomic mass is 19.2. The topological polar surface area (TPSA) is 58.2 Å². The number of amides is 2. The number of anilines is 1. The summed E-state index contributed by atoms with van der Waals surface area (Å²) in [5.74, 6) is -6.00. The highest BCUT2D eigenvalue weighted by molar-refractivity contribution is 6.03. The van der Waals surface area contributed by atoms with Crippen molar-refractivity contribution in [1.29, 1.82) is 0 Å². The molecule has 102 valence electrons. The number of carbonyl (C=O) groups excluding carboxylic acids is 2. The van der Waals surface area contributed by atoms with Crippen LogP contribution in [0.1, 0.15) is 6.42 Å². The van der Waals surface area contributed by atoms with Gasteiger partial charge in [0.25, 0.3) is 0 Å². The van der Waals surface area contributed by atoms with Crippen LogP contribution in [0.3, 0.4) is 0 Å². The second kappa shape index (κ2) is 6.58. The standard InChI is InChI=1S/C12H11F3N2O2/c1-2-5-16-9(18)6-10(19)17-8-4-3-7(13)11(14)12(8)15/h2-4H,1,5-6H2,(H,16,18)(H,17,19). The van der Waals surface area contributed by atoms with E-state index in [1.165, 1.54) is 6.08 Å². The fourth-order valence-corrected chi connectivity index (χ4v) is 1.21. The zero-order valence-corrected chi connectivity index (χ0v) is 9.80.